The molecule has 1 saturated heterocycles. The number of hydrogen-bond donors (Lipinski definition) is 1. The van der Waals surface area contributed by atoms with Crippen molar-refractivity contribution in [3.63, 3.8) is 0 Å². The van der Waals surface area contributed by atoms with Crippen LogP contribution in [0.25, 0.3) is 0 Å². The lowest BCUT2D eigenvalue weighted by molar-refractivity contribution is 0.240. The van der Waals surface area contributed by atoms with Gasteiger partial charge in [-0.2, -0.15) is 0 Å². The number of oxazole rings is 1. The summed E-state index contributed by atoms with van der Waals surface area (Å²) >= 11 is 0. The molecule has 4 heteroatoms. The van der Waals surface area contributed by atoms with Crippen LogP contribution in [0.1, 0.15) is 45.3 Å². The molecule has 0 bridgehead atoms. The summed E-state index contributed by atoms with van der Waals surface area (Å²) < 4.78 is 5.80. The molecule has 2 heterocycles. The molecule has 1 N–H and O–H groups in total. The number of hydrogen-bond acceptors (Lipinski definition) is 4. The van der Waals surface area contributed by atoms with Crippen molar-refractivity contribution in [3.8, 4) is 0 Å². The molecule has 18 heavy (non-hydrogen) atoms. The Morgan fingerprint density at radius 2 is 2.28 bits per heavy atom. The van der Waals surface area contributed by atoms with Gasteiger partial charge in [-0.1, -0.05) is 20.8 Å². The van der Waals surface area contributed by atoms with Gasteiger partial charge in [0.05, 0.1) is 12.7 Å². The van der Waals surface area contributed by atoms with E-state index in [-0.39, 0.29) is 5.41 Å². The number of aromatic nitrogens is 1. The fraction of sp³-hybridized carbons (Fsp3) is 0.786. The summed E-state index contributed by atoms with van der Waals surface area (Å²) in [5.74, 6) is 2.39. The van der Waals surface area contributed by atoms with E-state index in [4.69, 9.17) is 9.52 Å². The van der Waals surface area contributed by atoms with Crippen molar-refractivity contribution >= 4 is 0 Å². The zero-order chi connectivity index (χ0) is 13.2. The third kappa shape index (κ3) is 3.33. The van der Waals surface area contributed by atoms with Crippen LogP contribution in [0.2, 0.25) is 0 Å². The van der Waals surface area contributed by atoms with Crippen molar-refractivity contribution < 1.29 is 9.52 Å². The fourth-order valence-corrected chi connectivity index (χ4v) is 2.40. The third-order valence-electron chi connectivity index (χ3n) is 3.56. The van der Waals surface area contributed by atoms with Gasteiger partial charge in [-0.15, -0.1) is 0 Å². The second-order valence-electron chi connectivity index (χ2n) is 6.27. The van der Waals surface area contributed by atoms with E-state index in [0.717, 1.165) is 37.7 Å². The maximum Gasteiger partial charge on any atom is 0.208 e. The van der Waals surface area contributed by atoms with Gasteiger partial charge in [-0.3, -0.25) is 4.90 Å². The first-order chi connectivity index (χ1) is 8.49. The van der Waals surface area contributed by atoms with Crippen LogP contribution in [0, 0.1) is 5.92 Å². The highest BCUT2D eigenvalue weighted by Gasteiger charge is 2.24. The first kappa shape index (κ1) is 13.6. The predicted molar refractivity (Wildman–Crippen MR) is 70.3 cm³/mol. The summed E-state index contributed by atoms with van der Waals surface area (Å²) in [6, 6.07) is 0. The lowest BCUT2D eigenvalue weighted by atomic mass is 9.94. The highest BCUT2D eigenvalue weighted by atomic mass is 16.4. The largest absolute Gasteiger partial charge is 0.444 e. The monoisotopic (exact) mass is 252 g/mol. The lowest BCUT2D eigenvalue weighted by Crippen LogP contribution is -2.20. The van der Waals surface area contributed by atoms with E-state index in [0.29, 0.717) is 12.5 Å². The van der Waals surface area contributed by atoms with E-state index in [1.165, 1.54) is 6.42 Å². The van der Waals surface area contributed by atoms with Gasteiger partial charge < -0.3 is 9.52 Å². The highest BCUT2D eigenvalue weighted by molar-refractivity contribution is 5.06. The maximum absolute atomic E-state index is 8.95. The standard InChI is InChI=1S/C14H24N2O2/c1-14(2,3)12-8-15-13(18-12)10-16-6-4-11(9-16)5-7-17/h8,11,17H,4-7,9-10H2,1-3H3. The molecule has 0 aromatic carbocycles. The van der Waals surface area contributed by atoms with Crippen molar-refractivity contribution in [1.29, 1.82) is 0 Å². The smallest absolute Gasteiger partial charge is 0.208 e. The minimum atomic E-state index is 0.0235. The van der Waals surface area contributed by atoms with Crippen LogP contribution in [-0.2, 0) is 12.0 Å². The van der Waals surface area contributed by atoms with E-state index in [9.17, 15) is 0 Å². The van der Waals surface area contributed by atoms with Crippen LogP contribution in [0.3, 0.4) is 0 Å². The Balaban J connectivity index is 1.89. The zero-order valence-corrected chi connectivity index (χ0v) is 11.6. The Labute approximate surface area is 109 Å². The van der Waals surface area contributed by atoms with Crippen LogP contribution < -0.4 is 0 Å². The molecule has 1 fully saturated rings. The average molecular weight is 252 g/mol. The molecule has 0 spiro atoms. The molecule has 1 aliphatic rings. The molecule has 1 aromatic rings. The Morgan fingerprint density at radius 3 is 2.89 bits per heavy atom. The van der Waals surface area contributed by atoms with Crippen LogP contribution in [0.4, 0.5) is 0 Å². The molecule has 0 radical (unpaired) electrons. The van der Waals surface area contributed by atoms with Gasteiger partial charge in [-0.05, 0) is 25.3 Å². The van der Waals surface area contributed by atoms with E-state index in [2.05, 4.69) is 30.7 Å². The van der Waals surface area contributed by atoms with Gasteiger partial charge in [-0.25, -0.2) is 4.98 Å². The Morgan fingerprint density at radius 1 is 1.50 bits per heavy atom. The molecule has 1 atom stereocenters. The first-order valence-electron chi connectivity index (χ1n) is 6.77. The first-order valence-corrected chi connectivity index (χ1v) is 6.77. The Bertz CT molecular complexity index is 381. The second kappa shape index (κ2) is 5.41. The van der Waals surface area contributed by atoms with Crippen molar-refractivity contribution in [2.75, 3.05) is 19.7 Å². The molecule has 0 amide bonds. The summed E-state index contributed by atoms with van der Waals surface area (Å²) in [7, 11) is 0. The molecule has 0 aliphatic carbocycles. The van der Waals surface area contributed by atoms with Gasteiger partial charge in [0.2, 0.25) is 5.89 Å². The Hall–Kier alpha value is -0.870. The molecular formula is C14H24N2O2. The average Bonchev–Trinajstić information content (AvgIpc) is 2.88. The number of rotatable bonds is 4. The SMILES string of the molecule is CC(C)(C)c1cnc(CN2CCC(CCO)C2)o1. The molecule has 102 valence electrons. The minimum absolute atomic E-state index is 0.0235. The van der Waals surface area contributed by atoms with Crippen molar-refractivity contribution in [3.05, 3.63) is 17.8 Å². The molecule has 1 aliphatic heterocycles. The zero-order valence-electron chi connectivity index (χ0n) is 11.6. The van der Waals surface area contributed by atoms with E-state index >= 15 is 0 Å². The summed E-state index contributed by atoms with van der Waals surface area (Å²) in [4.78, 5) is 6.72. The van der Waals surface area contributed by atoms with Crippen molar-refractivity contribution in [1.82, 2.24) is 9.88 Å². The third-order valence-corrected chi connectivity index (χ3v) is 3.56. The van der Waals surface area contributed by atoms with Crippen LogP contribution >= 0.6 is 0 Å². The molecule has 2 rings (SSSR count). The number of aliphatic hydroxyl groups is 1. The van der Waals surface area contributed by atoms with Crippen molar-refractivity contribution in [2.45, 2.75) is 45.6 Å². The predicted octanol–water partition coefficient (Wildman–Crippen LogP) is 2.18. The van der Waals surface area contributed by atoms with E-state index in [1.54, 1.807) is 0 Å². The summed E-state index contributed by atoms with van der Waals surface area (Å²) in [5.41, 5.74) is 0.0235. The highest BCUT2D eigenvalue weighted by Crippen LogP contribution is 2.25. The quantitative estimate of drug-likeness (QED) is 0.892. The molecule has 4 nitrogen and oxygen atoms in total. The van der Waals surface area contributed by atoms with Crippen molar-refractivity contribution in [2.24, 2.45) is 5.92 Å². The maximum atomic E-state index is 8.95. The Kier molecular flexibility index (Phi) is 4.07. The van der Waals surface area contributed by atoms with E-state index < -0.39 is 0 Å². The molecular weight excluding hydrogens is 228 g/mol. The van der Waals surface area contributed by atoms with Crippen LogP contribution in [0.15, 0.2) is 10.6 Å². The van der Waals surface area contributed by atoms with Crippen LogP contribution in [-0.4, -0.2) is 34.7 Å². The van der Waals surface area contributed by atoms with Gasteiger partial charge >= 0.3 is 0 Å². The summed E-state index contributed by atoms with van der Waals surface area (Å²) in [6.07, 6.45) is 3.93. The lowest BCUT2D eigenvalue weighted by Gasteiger charge is -2.15. The normalized spacial score (nSPS) is 21.7. The van der Waals surface area contributed by atoms with Gasteiger partial charge in [0.1, 0.15) is 5.76 Å². The second-order valence-corrected chi connectivity index (χ2v) is 6.27. The van der Waals surface area contributed by atoms with Gasteiger partial charge in [0.25, 0.3) is 0 Å². The number of aliphatic hydroxyl groups excluding tert-OH is 1. The molecule has 0 saturated carbocycles. The molecule has 1 aromatic heterocycles. The van der Waals surface area contributed by atoms with E-state index in [1.807, 2.05) is 6.20 Å². The fourth-order valence-electron chi connectivity index (χ4n) is 2.40. The molecule has 1 unspecified atom stereocenters. The summed E-state index contributed by atoms with van der Waals surface area (Å²) in [5, 5.41) is 8.95. The minimum Gasteiger partial charge on any atom is -0.444 e. The van der Waals surface area contributed by atoms with Gasteiger partial charge in [0, 0.05) is 18.6 Å². The number of nitrogens with zero attached hydrogens (tertiary/aromatic N) is 2. The van der Waals surface area contributed by atoms with Gasteiger partial charge in [0.15, 0.2) is 0 Å². The topological polar surface area (TPSA) is 49.5 Å². The number of likely N-dealkylation sites (tertiary alicyclic amines) is 1. The summed E-state index contributed by atoms with van der Waals surface area (Å²) in [6.45, 7) is 9.61. The van der Waals surface area contributed by atoms with Crippen LogP contribution in [0.5, 0.6) is 0 Å².